The number of benzene rings is 2. The third-order valence-corrected chi connectivity index (χ3v) is 8.58. The van der Waals surface area contributed by atoms with E-state index in [1.54, 1.807) is 89.2 Å². The lowest BCUT2D eigenvalue weighted by molar-refractivity contribution is -0.164. The quantitative estimate of drug-likeness (QED) is 0.0871. The number of nitrogen functional groups attached to an aromatic ring is 1. The molecule has 288 valence electrons. The van der Waals surface area contributed by atoms with Crippen LogP contribution >= 0.6 is 0 Å². The molecular weight excluding hydrogens is 682 g/mol. The molecule has 15 nitrogen and oxygen atoms in total. The van der Waals surface area contributed by atoms with E-state index in [9.17, 15) is 29.1 Å². The summed E-state index contributed by atoms with van der Waals surface area (Å²) in [5.74, 6) is -4.07. The number of nitrogens with zero attached hydrogens (tertiary/aromatic N) is 2. The summed E-state index contributed by atoms with van der Waals surface area (Å²) in [7, 11) is 1.14. The number of nitrogens with two attached hydrogens (primary N) is 2. The van der Waals surface area contributed by atoms with E-state index < -0.39 is 78.0 Å². The third kappa shape index (κ3) is 13.0. The first-order chi connectivity index (χ1) is 25.0. The smallest absolute Gasteiger partial charge is 0.408 e. The molecule has 0 aliphatic carbocycles. The number of hydrogen-bond donors (Lipinski definition) is 6. The highest BCUT2D eigenvalue weighted by Crippen LogP contribution is 2.22. The summed E-state index contributed by atoms with van der Waals surface area (Å²) in [6.07, 6.45) is 0.366. The maximum atomic E-state index is 14.7. The Bertz CT molecular complexity index is 1660. The van der Waals surface area contributed by atoms with Crippen molar-refractivity contribution in [3.05, 3.63) is 83.9 Å². The van der Waals surface area contributed by atoms with Crippen LogP contribution in [-0.2, 0) is 47.9 Å². The Hall–Kier alpha value is -5.28. The van der Waals surface area contributed by atoms with Crippen molar-refractivity contribution in [3.63, 3.8) is 0 Å². The standard InChI is InChI=1S/C38H53N7O8/c1-7-23(2)33(36(50)52-6)45(32(47)20-31(46)28(40)17-25-14-11-15-26(39)16-25)35(49)30(19-27-21-41-22-42-27)43-34(48)29(18-24-12-9-8-10-13-24)44-37(51)53-38(3,4)5/h8-16,21-23,28-31,33,46H,7,17-20,39-40H2,1-6H3,(H,41,42)(H,43,48)(H,44,51)/t23-,28-,29-,30-,31?,33-/m0/s1. The maximum Gasteiger partial charge on any atom is 0.408 e. The molecule has 3 aromatic rings. The number of aromatic amines is 1. The number of methoxy groups -OCH3 is 1. The van der Waals surface area contributed by atoms with E-state index in [-0.39, 0.29) is 19.3 Å². The number of carbonyl (C=O) groups is 5. The molecule has 2 aromatic carbocycles. The highest BCUT2D eigenvalue weighted by molar-refractivity contribution is 6.03. The van der Waals surface area contributed by atoms with Crippen LogP contribution in [-0.4, -0.2) is 92.7 Å². The Balaban J connectivity index is 2.01. The first-order valence-electron chi connectivity index (χ1n) is 17.6. The van der Waals surface area contributed by atoms with Crippen LogP contribution in [0.3, 0.4) is 0 Å². The minimum absolute atomic E-state index is 0.0344. The molecule has 1 heterocycles. The summed E-state index contributed by atoms with van der Waals surface area (Å²) in [5, 5.41) is 16.4. The highest BCUT2D eigenvalue weighted by Gasteiger charge is 2.43. The molecule has 0 spiro atoms. The first-order valence-corrected chi connectivity index (χ1v) is 17.6. The predicted molar refractivity (Wildman–Crippen MR) is 198 cm³/mol. The van der Waals surface area contributed by atoms with Crippen LogP contribution in [0.1, 0.15) is 64.3 Å². The van der Waals surface area contributed by atoms with Crippen molar-refractivity contribution < 1.29 is 38.6 Å². The van der Waals surface area contributed by atoms with Gasteiger partial charge in [0.2, 0.25) is 11.8 Å². The molecule has 53 heavy (non-hydrogen) atoms. The molecule has 0 saturated carbocycles. The van der Waals surface area contributed by atoms with Crippen LogP contribution in [0.2, 0.25) is 0 Å². The minimum atomic E-state index is -1.47. The van der Waals surface area contributed by atoms with Crippen molar-refractivity contribution in [1.82, 2.24) is 25.5 Å². The predicted octanol–water partition coefficient (Wildman–Crippen LogP) is 2.42. The number of carbonyl (C=O) groups excluding carboxylic acids is 5. The molecule has 1 aromatic heterocycles. The monoisotopic (exact) mass is 735 g/mol. The summed E-state index contributed by atoms with van der Waals surface area (Å²) < 4.78 is 10.5. The fraction of sp³-hybridized carbons (Fsp3) is 0.474. The molecule has 6 atom stereocenters. The number of imide groups is 1. The molecule has 0 aliphatic heterocycles. The molecule has 0 saturated heterocycles. The van der Waals surface area contributed by atoms with E-state index in [2.05, 4.69) is 20.6 Å². The number of ether oxygens (including phenoxy) is 2. The van der Waals surface area contributed by atoms with Gasteiger partial charge in [-0.1, -0.05) is 62.7 Å². The van der Waals surface area contributed by atoms with Crippen molar-refractivity contribution in [1.29, 1.82) is 0 Å². The van der Waals surface area contributed by atoms with E-state index in [0.29, 0.717) is 23.4 Å². The van der Waals surface area contributed by atoms with Gasteiger partial charge in [0.25, 0.3) is 5.91 Å². The molecule has 3 rings (SSSR count). The van der Waals surface area contributed by atoms with Crippen molar-refractivity contribution in [2.75, 3.05) is 12.8 Å². The van der Waals surface area contributed by atoms with E-state index in [1.165, 1.54) is 12.5 Å². The van der Waals surface area contributed by atoms with E-state index >= 15 is 0 Å². The number of imidazole rings is 1. The van der Waals surface area contributed by atoms with Crippen LogP contribution in [0.5, 0.6) is 0 Å². The van der Waals surface area contributed by atoms with Crippen LogP contribution in [0.15, 0.2) is 67.1 Å². The second kappa shape index (κ2) is 19.5. The van der Waals surface area contributed by atoms with Crippen LogP contribution in [0.4, 0.5) is 10.5 Å². The Labute approximate surface area is 310 Å². The van der Waals surface area contributed by atoms with Crippen LogP contribution in [0, 0.1) is 5.92 Å². The van der Waals surface area contributed by atoms with Gasteiger partial charge in [-0.3, -0.25) is 19.3 Å². The SMILES string of the molecule is CC[C@H](C)[C@@H](C(=O)OC)N(C(=O)CC(O)[C@@H](N)Cc1cccc(N)c1)C(=O)[C@H](Cc1c[nH]cn1)NC(=O)[C@H](Cc1ccccc1)NC(=O)OC(C)(C)C. The zero-order valence-corrected chi connectivity index (χ0v) is 31.2. The molecule has 0 fully saturated rings. The number of anilines is 1. The van der Waals surface area contributed by atoms with Gasteiger partial charge in [-0.05, 0) is 56.4 Å². The zero-order valence-electron chi connectivity index (χ0n) is 31.2. The number of aromatic nitrogens is 2. The van der Waals surface area contributed by atoms with Gasteiger partial charge in [-0.2, -0.15) is 0 Å². The van der Waals surface area contributed by atoms with Gasteiger partial charge in [-0.25, -0.2) is 14.6 Å². The fourth-order valence-electron chi connectivity index (χ4n) is 5.67. The number of hydrogen-bond acceptors (Lipinski definition) is 11. The molecule has 0 aliphatic rings. The topological polar surface area (TPSA) is 232 Å². The molecule has 1 unspecified atom stereocenters. The van der Waals surface area contributed by atoms with E-state index in [1.807, 2.05) is 0 Å². The number of aliphatic hydroxyl groups is 1. The summed E-state index contributed by atoms with van der Waals surface area (Å²) in [6.45, 7) is 8.50. The maximum absolute atomic E-state index is 14.7. The fourth-order valence-corrected chi connectivity index (χ4v) is 5.67. The number of aliphatic hydroxyl groups excluding tert-OH is 1. The Morgan fingerprint density at radius 1 is 0.962 bits per heavy atom. The van der Waals surface area contributed by atoms with Gasteiger partial charge >= 0.3 is 12.1 Å². The summed E-state index contributed by atoms with van der Waals surface area (Å²) >= 11 is 0. The number of amides is 4. The van der Waals surface area contributed by atoms with Gasteiger partial charge in [0, 0.05) is 30.8 Å². The lowest BCUT2D eigenvalue weighted by Gasteiger charge is -2.35. The number of alkyl carbamates (subject to hydrolysis) is 1. The zero-order chi connectivity index (χ0) is 39.3. The molecule has 4 amide bonds. The highest BCUT2D eigenvalue weighted by atomic mass is 16.6. The number of nitrogens with one attached hydrogen (secondary N) is 3. The number of H-pyrrole nitrogens is 1. The third-order valence-electron chi connectivity index (χ3n) is 8.58. The Morgan fingerprint density at radius 3 is 2.23 bits per heavy atom. The van der Waals surface area contributed by atoms with Crippen LogP contribution in [0.25, 0.3) is 0 Å². The van der Waals surface area contributed by atoms with Crippen molar-refractivity contribution in [3.8, 4) is 0 Å². The number of rotatable bonds is 17. The summed E-state index contributed by atoms with van der Waals surface area (Å²) in [5.41, 5.74) is 13.6. The average Bonchev–Trinajstić information content (AvgIpc) is 3.61. The number of esters is 1. The lowest BCUT2D eigenvalue weighted by Crippen LogP contribution is -2.61. The Morgan fingerprint density at radius 2 is 1.64 bits per heavy atom. The molecular formula is C38H53N7O8. The van der Waals surface area contributed by atoms with Gasteiger partial charge in [-0.15, -0.1) is 0 Å². The van der Waals surface area contributed by atoms with E-state index in [4.69, 9.17) is 20.9 Å². The second-order valence-corrected chi connectivity index (χ2v) is 14.1. The normalized spacial score (nSPS) is 14.8. The second-order valence-electron chi connectivity index (χ2n) is 14.1. The largest absolute Gasteiger partial charge is 0.467 e. The summed E-state index contributed by atoms with van der Waals surface area (Å²) in [4.78, 5) is 77.0. The molecule has 0 radical (unpaired) electrons. The molecule has 0 bridgehead atoms. The van der Waals surface area contributed by atoms with Gasteiger partial charge in [0.1, 0.15) is 23.7 Å². The van der Waals surface area contributed by atoms with E-state index in [0.717, 1.165) is 17.6 Å². The minimum Gasteiger partial charge on any atom is -0.467 e. The molecule has 8 N–H and O–H groups in total. The summed E-state index contributed by atoms with van der Waals surface area (Å²) in [6, 6.07) is 10.8. The van der Waals surface area contributed by atoms with Crippen molar-refractivity contribution in [2.45, 2.75) is 103 Å². The molecule has 15 heteroatoms. The lowest BCUT2D eigenvalue weighted by atomic mass is 9.94. The average molecular weight is 736 g/mol. The Kier molecular flexibility index (Phi) is 15.5. The van der Waals surface area contributed by atoms with Gasteiger partial charge in [0.05, 0.1) is 31.7 Å². The van der Waals surface area contributed by atoms with Crippen molar-refractivity contribution in [2.24, 2.45) is 11.7 Å². The first kappa shape index (κ1) is 42.1. The van der Waals surface area contributed by atoms with Gasteiger partial charge < -0.3 is 41.7 Å². The van der Waals surface area contributed by atoms with Crippen LogP contribution < -0.4 is 22.1 Å². The van der Waals surface area contributed by atoms with Gasteiger partial charge in [0.15, 0.2) is 0 Å². The van der Waals surface area contributed by atoms with Crippen molar-refractivity contribution >= 4 is 35.5 Å².